The van der Waals surface area contributed by atoms with Gasteiger partial charge < -0.3 is 15.1 Å². The molecule has 1 saturated heterocycles. The van der Waals surface area contributed by atoms with Gasteiger partial charge in [-0.2, -0.15) is 0 Å². The minimum absolute atomic E-state index is 0.00172. The number of carbonyl (C=O) groups excluding carboxylic acids is 2. The quantitative estimate of drug-likeness (QED) is 0.619. The van der Waals surface area contributed by atoms with Gasteiger partial charge in [0.2, 0.25) is 5.91 Å². The molecule has 0 spiro atoms. The highest BCUT2D eigenvalue weighted by atomic mass is 16.6. The lowest BCUT2D eigenvalue weighted by molar-refractivity contribution is -0.384. The van der Waals surface area contributed by atoms with Crippen LogP contribution in [0.25, 0.3) is 0 Å². The Hall–Kier alpha value is -3.42. The topological polar surface area (TPSA) is 95.8 Å². The van der Waals surface area contributed by atoms with Crippen molar-refractivity contribution < 1.29 is 14.5 Å². The highest BCUT2D eigenvalue weighted by Crippen LogP contribution is 2.30. The number of nitrogens with zero attached hydrogens (tertiary/aromatic N) is 3. The average molecular weight is 396 g/mol. The van der Waals surface area contributed by atoms with E-state index in [1.165, 1.54) is 13.0 Å². The molecule has 0 aromatic heterocycles. The van der Waals surface area contributed by atoms with Crippen molar-refractivity contribution in [3.63, 3.8) is 0 Å². The zero-order valence-electron chi connectivity index (χ0n) is 16.6. The predicted molar refractivity (Wildman–Crippen MR) is 111 cm³/mol. The summed E-state index contributed by atoms with van der Waals surface area (Å²) in [5, 5.41) is 14.4. The third kappa shape index (κ3) is 4.71. The third-order valence-electron chi connectivity index (χ3n) is 5.12. The normalized spacial score (nSPS) is 13.9. The van der Waals surface area contributed by atoms with E-state index in [4.69, 9.17) is 0 Å². The Balaban J connectivity index is 1.77. The summed E-state index contributed by atoms with van der Waals surface area (Å²) in [5.74, 6) is -0.400. The average Bonchev–Trinajstić information content (AvgIpc) is 2.73. The second-order valence-electron chi connectivity index (χ2n) is 6.96. The van der Waals surface area contributed by atoms with Gasteiger partial charge in [-0.15, -0.1) is 0 Å². The fourth-order valence-electron chi connectivity index (χ4n) is 3.37. The summed E-state index contributed by atoms with van der Waals surface area (Å²) >= 11 is 0. The Bertz CT molecular complexity index is 919. The molecule has 2 amide bonds. The first-order valence-electron chi connectivity index (χ1n) is 9.58. The van der Waals surface area contributed by atoms with Gasteiger partial charge in [0.25, 0.3) is 11.6 Å². The number of hydrogen-bond donors (Lipinski definition) is 1. The molecule has 1 fully saturated rings. The lowest BCUT2D eigenvalue weighted by atomic mass is 10.1. The van der Waals surface area contributed by atoms with Crippen LogP contribution in [0.3, 0.4) is 0 Å². The van der Waals surface area contributed by atoms with Crippen molar-refractivity contribution in [2.24, 2.45) is 0 Å². The number of nitro benzene ring substituents is 1. The van der Waals surface area contributed by atoms with Crippen LogP contribution in [0.1, 0.15) is 29.8 Å². The third-order valence-corrected chi connectivity index (χ3v) is 5.12. The second kappa shape index (κ2) is 8.72. The predicted octanol–water partition coefficient (Wildman–Crippen LogP) is 3.08. The highest BCUT2D eigenvalue weighted by molar-refractivity contribution is 6.05. The van der Waals surface area contributed by atoms with Gasteiger partial charge in [-0.25, -0.2) is 0 Å². The van der Waals surface area contributed by atoms with Crippen molar-refractivity contribution in [2.75, 3.05) is 36.4 Å². The lowest BCUT2D eigenvalue weighted by Gasteiger charge is -2.35. The summed E-state index contributed by atoms with van der Waals surface area (Å²) in [6.07, 6.45) is 0.905. The Kier molecular flexibility index (Phi) is 6.11. The van der Waals surface area contributed by atoms with Crippen LogP contribution in [0.2, 0.25) is 0 Å². The van der Waals surface area contributed by atoms with Gasteiger partial charge in [0.15, 0.2) is 0 Å². The van der Waals surface area contributed by atoms with E-state index in [1.54, 1.807) is 17.0 Å². The van der Waals surface area contributed by atoms with E-state index >= 15 is 0 Å². The molecule has 29 heavy (non-hydrogen) atoms. The number of hydrogen-bond acceptors (Lipinski definition) is 5. The molecule has 1 aliphatic heterocycles. The van der Waals surface area contributed by atoms with Gasteiger partial charge in [-0.05, 0) is 36.2 Å². The zero-order valence-corrected chi connectivity index (χ0v) is 16.6. The van der Waals surface area contributed by atoms with Crippen molar-refractivity contribution >= 4 is 28.9 Å². The number of nitrogens with one attached hydrogen (secondary N) is 1. The molecule has 2 aromatic carbocycles. The summed E-state index contributed by atoms with van der Waals surface area (Å²) in [7, 11) is 0. The summed E-state index contributed by atoms with van der Waals surface area (Å²) in [6, 6.07) is 12.0. The molecular weight excluding hydrogens is 372 g/mol. The number of amides is 2. The van der Waals surface area contributed by atoms with Crippen molar-refractivity contribution in [1.82, 2.24) is 4.90 Å². The van der Waals surface area contributed by atoms with Crippen molar-refractivity contribution in [2.45, 2.75) is 20.3 Å². The number of nitro groups is 1. The number of rotatable bonds is 5. The molecule has 3 rings (SSSR count). The molecule has 1 heterocycles. The Morgan fingerprint density at radius 1 is 1.07 bits per heavy atom. The molecule has 8 nitrogen and oxygen atoms in total. The minimum atomic E-state index is -0.473. The number of benzene rings is 2. The summed E-state index contributed by atoms with van der Waals surface area (Å²) < 4.78 is 0. The van der Waals surface area contributed by atoms with Crippen LogP contribution in [0, 0.1) is 10.1 Å². The monoisotopic (exact) mass is 396 g/mol. The number of carbonyl (C=O) groups is 2. The fourth-order valence-corrected chi connectivity index (χ4v) is 3.37. The van der Waals surface area contributed by atoms with Crippen molar-refractivity contribution in [3.8, 4) is 0 Å². The maximum atomic E-state index is 12.6. The smallest absolute Gasteiger partial charge is 0.293 e. The second-order valence-corrected chi connectivity index (χ2v) is 6.96. The van der Waals surface area contributed by atoms with Crippen LogP contribution in [-0.2, 0) is 11.2 Å². The molecular formula is C21H24N4O4. The van der Waals surface area contributed by atoms with Crippen molar-refractivity contribution in [3.05, 3.63) is 63.7 Å². The Morgan fingerprint density at radius 3 is 2.28 bits per heavy atom. The van der Waals surface area contributed by atoms with Crippen LogP contribution < -0.4 is 10.2 Å². The van der Waals surface area contributed by atoms with E-state index in [2.05, 4.69) is 5.32 Å². The molecule has 0 radical (unpaired) electrons. The molecule has 0 aliphatic carbocycles. The molecule has 0 saturated carbocycles. The standard InChI is InChI=1S/C21H24N4O4/c1-3-16-4-7-18(8-5-16)22-21(27)17-6-9-19(20(14-17)25(28)29)24-12-10-23(11-13-24)15(2)26/h4-9,14H,3,10-13H2,1-2H3,(H,22,27). The van der Waals surface area contributed by atoms with E-state index < -0.39 is 10.8 Å². The molecule has 0 atom stereocenters. The van der Waals surface area contributed by atoms with Crippen LogP contribution in [0.5, 0.6) is 0 Å². The first kappa shape index (κ1) is 20.3. The number of aryl methyl sites for hydroxylation is 1. The Morgan fingerprint density at radius 2 is 1.72 bits per heavy atom. The first-order chi connectivity index (χ1) is 13.9. The molecule has 0 unspecified atom stereocenters. The van der Waals surface area contributed by atoms with Gasteiger partial charge in [-0.1, -0.05) is 19.1 Å². The van der Waals surface area contributed by atoms with Gasteiger partial charge in [-0.3, -0.25) is 19.7 Å². The maximum Gasteiger partial charge on any atom is 0.293 e. The molecule has 1 aliphatic rings. The molecule has 1 N–H and O–H groups in total. The molecule has 152 valence electrons. The minimum Gasteiger partial charge on any atom is -0.362 e. The van der Waals surface area contributed by atoms with E-state index in [-0.39, 0.29) is 17.2 Å². The van der Waals surface area contributed by atoms with E-state index in [0.717, 1.165) is 12.0 Å². The summed E-state index contributed by atoms with van der Waals surface area (Å²) in [4.78, 5) is 38.8. The summed E-state index contributed by atoms with van der Waals surface area (Å²) in [5.41, 5.74) is 2.37. The molecule has 8 heteroatoms. The first-order valence-corrected chi connectivity index (χ1v) is 9.58. The number of anilines is 2. The number of piperazine rings is 1. The van der Waals surface area contributed by atoms with Crippen LogP contribution in [-0.4, -0.2) is 47.8 Å². The lowest BCUT2D eigenvalue weighted by Crippen LogP contribution is -2.48. The van der Waals surface area contributed by atoms with Crippen LogP contribution in [0.15, 0.2) is 42.5 Å². The zero-order chi connectivity index (χ0) is 21.0. The molecule has 2 aromatic rings. The van der Waals surface area contributed by atoms with Gasteiger partial charge in [0.1, 0.15) is 5.69 Å². The fraction of sp³-hybridized carbons (Fsp3) is 0.333. The SMILES string of the molecule is CCc1ccc(NC(=O)c2ccc(N3CCN(C(C)=O)CC3)c([N+](=O)[O-])c2)cc1. The summed E-state index contributed by atoms with van der Waals surface area (Å²) in [6.45, 7) is 5.62. The van der Waals surface area contributed by atoms with Gasteiger partial charge >= 0.3 is 0 Å². The van der Waals surface area contributed by atoms with Crippen molar-refractivity contribution in [1.29, 1.82) is 0 Å². The van der Waals surface area contributed by atoms with E-state index in [0.29, 0.717) is 37.6 Å². The maximum absolute atomic E-state index is 12.6. The largest absolute Gasteiger partial charge is 0.362 e. The van der Waals surface area contributed by atoms with E-state index in [1.807, 2.05) is 36.1 Å². The highest BCUT2D eigenvalue weighted by Gasteiger charge is 2.25. The van der Waals surface area contributed by atoms with Gasteiger partial charge in [0, 0.05) is 50.4 Å². The van der Waals surface area contributed by atoms with Crippen LogP contribution >= 0.6 is 0 Å². The van der Waals surface area contributed by atoms with Gasteiger partial charge in [0.05, 0.1) is 4.92 Å². The molecule has 0 bridgehead atoms. The van der Waals surface area contributed by atoms with Crippen LogP contribution in [0.4, 0.5) is 17.1 Å². The van der Waals surface area contributed by atoms with E-state index in [9.17, 15) is 19.7 Å². The Labute approximate surface area is 169 Å².